The molecule has 1 atom stereocenters. The highest BCUT2D eigenvalue weighted by Crippen LogP contribution is 2.39. The van der Waals surface area contributed by atoms with Crippen LogP contribution in [-0.2, 0) is 14.3 Å². The predicted molar refractivity (Wildman–Crippen MR) is 112 cm³/mol. The third kappa shape index (κ3) is 10.3. The minimum absolute atomic E-state index is 0.0567. The van der Waals surface area contributed by atoms with E-state index in [9.17, 15) is 14.4 Å². The SMILES string of the molecule is C=C(C)C(=O)OCCNC(=O)NCCCNC(=O)C(C)(CC(C)(C)C)C(C)C. The molecule has 0 radical (unpaired) electrons. The molecule has 7 nitrogen and oxygen atoms in total. The second-order valence-corrected chi connectivity index (χ2v) is 9.02. The number of urea groups is 1. The molecule has 162 valence electrons. The number of carbonyl (C=O) groups is 3. The number of amides is 3. The maximum atomic E-state index is 12.7. The molecule has 0 aromatic heterocycles. The van der Waals surface area contributed by atoms with Crippen LogP contribution in [0.3, 0.4) is 0 Å². The van der Waals surface area contributed by atoms with Crippen molar-refractivity contribution in [2.45, 2.75) is 61.3 Å². The highest BCUT2D eigenvalue weighted by Gasteiger charge is 2.39. The Morgan fingerprint density at radius 1 is 0.964 bits per heavy atom. The van der Waals surface area contributed by atoms with Crippen LogP contribution >= 0.6 is 0 Å². The van der Waals surface area contributed by atoms with E-state index in [0.29, 0.717) is 25.1 Å². The van der Waals surface area contributed by atoms with Gasteiger partial charge in [-0.15, -0.1) is 0 Å². The summed E-state index contributed by atoms with van der Waals surface area (Å²) in [5.41, 5.74) is -0.0403. The number of hydrogen-bond acceptors (Lipinski definition) is 4. The number of esters is 1. The third-order valence-corrected chi connectivity index (χ3v) is 4.58. The van der Waals surface area contributed by atoms with Crippen molar-refractivity contribution in [3.63, 3.8) is 0 Å². The summed E-state index contributed by atoms with van der Waals surface area (Å²) in [6.07, 6.45) is 1.44. The third-order valence-electron chi connectivity index (χ3n) is 4.58. The zero-order valence-electron chi connectivity index (χ0n) is 18.7. The van der Waals surface area contributed by atoms with Gasteiger partial charge in [-0.2, -0.15) is 0 Å². The molecule has 0 aliphatic carbocycles. The standard InChI is InChI=1S/C21H39N3O4/c1-15(2)17(25)28-13-12-24-19(27)23-11-9-10-22-18(26)21(8,16(3)4)14-20(5,6)7/h16H,1,9-14H2,2-8H3,(H,22,26)(H2,23,24,27). The van der Waals surface area contributed by atoms with Crippen LogP contribution in [0.1, 0.15) is 61.3 Å². The van der Waals surface area contributed by atoms with E-state index in [1.807, 2.05) is 6.92 Å². The van der Waals surface area contributed by atoms with Gasteiger partial charge in [0.2, 0.25) is 5.91 Å². The Kier molecular flexibility index (Phi) is 10.9. The van der Waals surface area contributed by atoms with E-state index < -0.39 is 11.4 Å². The van der Waals surface area contributed by atoms with E-state index in [0.717, 1.165) is 6.42 Å². The monoisotopic (exact) mass is 397 g/mol. The van der Waals surface area contributed by atoms with Gasteiger partial charge in [0.15, 0.2) is 0 Å². The van der Waals surface area contributed by atoms with Gasteiger partial charge in [-0.05, 0) is 31.1 Å². The quantitative estimate of drug-likeness (QED) is 0.284. The summed E-state index contributed by atoms with van der Waals surface area (Å²) in [7, 11) is 0. The van der Waals surface area contributed by atoms with Crippen molar-refractivity contribution < 1.29 is 19.1 Å². The van der Waals surface area contributed by atoms with Crippen LogP contribution in [0.2, 0.25) is 0 Å². The summed E-state index contributed by atoms with van der Waals surface area (Å²) in [4.78, 5) is 35.5. The van der Waals surface area contributed by atoms with Crippen LogP contribution in [0.5, 0.6) is 0 Å². The first-order chi connectivity index (χ1) is 12.8. The van der Waals surface area contributed by atoms with E-state index in [1.165, 1.54) is 0 Å². The fraction of sp³-hybridized carbons (Fsp3) is 0.762. The van der Waals surface area contributed by atoms with E-state index >= 15 is 0 Å². The molecule has 0 aromatic rings. The van der Waals surface area contributed by atoms with E-state index in [-0.39, 0.29) is 36.4 Å². The molecule has 0 aromatic carbocycles. The fourth-order valence-electron chi connectivity index (χ4n) is 2.84. The van der Waals surface area contributed by atoms with Crippen molar-refractivity contribution in [3.8, 4) is 0 Å². The lowest BCUT2D eigenvalue weighted by molar-refractivity contribution is -0.138. The highest BCUT2D eigenvalue weighted by molar-refractivity contribution is 5.87. The first kappa shape index (κ1) is 26.0. The van der Waals surface area contributed by atoms with Crippen LogP contribution in [-0.4, -0.2) is 44.1 Å². The Morgan fingerprint density at radius 2 is 1.50 bits per heavy atom. The topological polar surface area (TPSA) is 96.5 Å². The number of ether oxygens (including phenoxy) is 1. The Bertz CT molecular complexity index is 552. The van der Waals surface area contributed by atoms with Gasteiger partial charge in [0, 0.05) is 24.1 Å². The van der Waals surface area contributed by atoms with Crippen LogP contribution in [0, 0.1) is 16.7 Å². The normalized spacial score (nSPS) is 13.4. The summed E-state index contributed by atoms with van der Waals surface area (Å²) < 4.78 is 4.88. The van der Waals surface area contributed by atoms with Gasteiger partial charge in [-0.1, -0.05) is 48.1 Å². The molecule has 0 rings (SSSR count). The molecular weight excluding hydrogens is 358 g/mol. The summed E-state index contributed by atoms with van der Waals surface area (Å²) in [6, 6.07) is -0.336. The van der Waals surface area contributed by atoms with Crippen molar-refractivity contribution in [2.24, 2.45) is 16.7 Å². The summed E-state index contributed by atoms with van der Waals surface area (Å²) in [5.74, 6) is -0.186. The zero-order chi connectivity index (χ0) is 22.0. The van der Waals surface area contributed by atoms with Gasteiger partial charge in [0.05, 0.1) is 6.54 Å². The lowest BCUT2D eigenvalue weighted by atomic mass is 9.68. The Hall–Kier alpha value is -2.05. The molecule has 0 aliphatic heterocycles. The molecule has 0 aliphatic rings. The van der Waals surface area contributed by atoms with Gasteiger partial charge < -0.3 is 20.7 Å². The maximum Gasteiger partial charge on any atom is 0.333 e. The fourth-order valence-corrected chi connectivity index (χ4v) is 2.84. The Balaban J connectivity index is 4.08. The van der Waals surface area contributed by atoms with E-state index in [4.69, 9.17) is 4.74 Å². The number of nitrogens with one attached hydrogen (secondary N) is 3. The largest absolute Gasteiger partial charge is 0.460 e. The maximum absolute atomic E-state index is 12.7. The van der Waals surface area contributed by atoms with Crippen LogP contribution in [0.4, 0.5) is 4.79 Å². The summed E-state index contributed by atoms with van der Waals surface area (Å²) in [5, 5.41) is 8.30. The minimum Gasteiger partial charge on any atom is -0.460 e. The smallest absolute Gasteiger partial charge is 0.333 e. The number of rotatable bonds is 11. The van der Waals surface area contributed by atoms with Gasteiger partial charge >= 0.3 is 12.0 Å². The van der Waals surface area contributed by atoms with Crippen molar-refractivity contribution in [1.82, 2.24) is 16.0 Å². The highest BCUT2D eigenvalue weighted by atomic mass is 16.5. The van der Waals surface area contributed by atoms with Gasteiger partial charge in [-0.25, -0.2) is 9.59 Å². The molecule has 0 heterocycles. The first-order valence-corrected chi connectivity index (χ1v) is 9.92. The Morgan fingerprint density at radius 3 is 2.00 bits per heavy atom. The van der Waals surface area contributed by atoms with Crippen LogP contribution < -0.4 is 16.0 Å². The average molecular weight is 398 g/mol. The van der Waals surface area contributed by atoms with Crippen LogP contribution in [0.25, 0.3) is 0 Å². The number of carbonyl (C=O) groups excluding carboxylic acids is 3. The molecule has 28 heavy (non-hydrogen) atoms. The second kappa shape index (κ2) is 11.7. The first-order valence-electron chi connectivity index (χ1n) is 9.92. The van der Waals surface area contributed by atoms with Crippen molar-refractivity contribution in [3.05, 3.63) is 12.2 Å². The van der Waals surface area contributed by atoms with Crippen molar-refractivity contribution in [1.29, 1.82) is 0 Å². The lowest BCUT2D eigenvalue weighted by Crippen LogP contribution is -2.45. The second-order valence-electron chi connectivity index (χ2n) is 9.02. The van der Waals surface area contributed by atoms with Gasteiger partial charge in [0.1, 0.15) is 6.61 Å². The molecule has 0 fully saturated rings. The van der Waals surface area contributed by atoms with Crippen molar-refractivity contribution >= 4 is 17.9 Å². The number of hydrogen-bond donors (Lipinski definition) is 3. The molecule has 3 N–H and O–H groups in total. The predicted octanol–water partition coefficient (Wildman–Crippen LogP) is 3.01. The molecule has 0 spiro atoms. The summed E-state index contributed by atoms with van der Waals surface area (Å²) in [6.45, 7) is 18.9. The van der Waals surface area contributed by atoms with Crippen LogP contribution in [0.15, 0.2) is 12.2 Å². The zero-order valence-corrected chi connectivity index (χ0v) is 18.7. The van der Waals surface area contributed by atoms with E-state index in [1.54, 1.807) is 6.92 Å². The average Bonchev–Trinajstić information content (AvgIpc) is 2.55. The molecule has 3 amide bonds. The molecule has 0 saturated carbocycles. The van der Waals surface area contributed by atoms with E-state index in [2.05, 4.69) is 57.1 Å². The van der Waals surface area contributed by atoms with Gasteiger partial charge in [0.25, 0.3) is 0 Å². The summed E-state index contributed by atoms with van der Waals surface area (Å²) >= 11 is 0. The minimum atomic E-state index is -0.474. The molecule has 0 bridgehead atoms. The molecule has 0 saturated heterocycles. The van der Waals surface area contributed by atoms with Gasteiger partial charge in [-0.3, -0.25) is 4.79 Å². The molecular formula is C21H39N3O4. The molecule has 1 unspecified atom stereocenters. The van der Waals surface area contributed by atoms with Crippen molar-refractivity contribution in [2.75, 3.05) is 26.2 Å². The molecule has 7 heteroatoms. The Labute approximate surface area is 170 Å². The lowest BCUT2D eigenvalue weighted by Gasteiger charge is -2.37.